The predicted molar refractivity (Wildman–Crippen MR) is 96.1 cm³/mol. The molecule has 1 amide bonds. The van der Waals surface area contributed by atoms with Gasteiger partial charge in [0.15, 0.2) is 6.61 Å². The number of ether oxygens (including phenoxy) is 1. The molecule has 3 rings (SSSR count). The molecule has 0 atom stereocenters. The van der Waals surface area contributed by atoms with E-state index in [1.165, 1.54) is 37.7 Å². The molecule has 1 N–H and O–H groups in total. The van der Waals surface area contributed by atoms with E-state index in [1.807, 2.05) is 42.5 Å². The lowest BCUT2D eigenvalue weighted by molar-refractivity contribution is -0.123. The molecular formula is C21H25NO2. The topological polar surface area (TPSA) is 38.3 Å². The summed E-state index contributed by atoms with van der Waals surface area (Å²) in [6, 6.07) is 18.1. The monoisotopic (exact) mass is 323 g/mol. The zero-order chi connectivity index (χ0) is 16.6. The second kappa shape index (κ2) is 8.53. The molecule has 0 spiro atoms. The van der Waals surface area contributed by atoms with Crippen molar-refractivity contribution in [2.45, 2.75) is 44.6 Å². The summed E-state index contributed by atoms with van der Waals surface area (Å²) in [5, 5.41) is 2.87. The van der Waals surface area contributed by atoms with E-state index in [0.29, 0.717) is 12.5 Å². The fourth-order valence-electron chi connectivity index (χ4n) is 3.27. The maximum Gasteiger partial charge on any atom is 0.258 e. The van der Waals surface area contributed by atoms with Crippen molar-refractivity contribution in [2.24, 2.45) is 0 Å². The van der Waals surface area contributed by atoms with Crippen LogP contribution in [0.1, 0.15) is 49.1 Å². The minimum atomic E-state index is -0.102. The van der Waals surface area contributed by atoms with Crippen molar-refractivity contribution >= 4 is 5.91 Å². The number of nitrogens with one attached hydrogen (secondary N) is 1. The summed E-state index contributed by atoms with van der Waals surface area (Å²) in [6.45, 7) is 0.583. The third kappa shape index (κ3) is 4.85. The number of benzene rings is 2. The fourth-order valence-corrected chi connectivity index (χ4v) is 3.27. The number of rotatable bonds is 6. The molecule has 0 saturated heterocycles. The van der Waals surface area contributed by atoms with Crippen LogP contribution in [-0.2, 0) is 11.3 Å². The molecule has 126 valence electrons. The predicted octanol–water partition coefficient (Wildman–Crippen LogP) is 4.43. The molecule has 0 unspecified atom stereocenters. The smallest absolute Gasteiger partial charge is 0.258 e. The third-order valence-corrected chi connectivity index (χ3v) is 4.66. The van der Waals surface area contributed by atoms with E-state index in [0.717, 1.165) is 11.3 Å². The van der Waals surface area contributed by atoms with E-state index < -0.39 is 0 Å². The number of hydrogen-bond donors (Lipinski definition) is 1. The van der Waals surface area contributed by atoms with Gasteiger partial charge in [0.1, 0.15) is 5.75 Å². The first-order chi connectivity index (χ1) is 11.8. The summed E-state index contributed by atoms with van der Waals surface area (Å²) in [5.74, 6) is 1.35. The second-order valence-corrected chi connectivity index (χ2v) is 6.45. The van der Waals surface area contributed by atoms with Gasteiger partial charge in [-0.3, -0.25) is 4.79 Å². The Morgan fingerprint density at radius 1 is 0.958 bits per heavy atom. The molecule has 0 aliphatic heterocycles. The van der Waals surface area contributed by atoms with Gasteiger partial charge in [0, 0.05) is 6.54 Å². The van der Waals surface area contributed by atoms with Crippen LogP contribution in [0.4, 0.5) is 0 Å². The van der Waals surface area contributed by atoms with Gasteiger partial charge in [-0.2, -0.15) is 0 Å². The van der Waals surface area contributed by atoms with Crippen molar-refractivity contribution in [1.29, 1.82) is 0 Å². The lowest BCUT2D eigenvalue weighted by Crippen LogP contribution is -2.28. The van der Waals surface area contributed by atoms with Crippen molar-refractivity contribution in [2.75, 3.05) is 6.61 Å². The van der Waals surface area contributed by atoms with Gasteiger partial charge in [-0.15, -0.1) is 0 Å². The van der Waals surface area contributed by atoms with Gasteiger partial charge in [-0.25, -0.2) is 0 Å². The first kappa shape index (κ1) is 16.6. The molecule has 3 heteroatoms. The van der Waals surface area contributed by atoms with Crippen LogP contribution in [0.15, 0.2) is 54.6 Å². The molecular weight excluding hydrogens is 298 g/mol. The molecule has 1 saturated carbocycles. The summed E-state index contributed by atoms with van der Waals surface area (Å²) in [6.07, 6.45) is 6.63. The van der Waals surface area contributed by atoms with Gasteiger partial charge in [-0.1, -0.05) is 61.7 Å². The average molecular weight is 323 g/mol. The average Bonchev–Trinajstić information content (AvgIpc) is 2.67. The Kier molecular flexibility index (Phi) is 5.89. The quantitative estimate of drug-likeness (QED) is 0.854. The first-order valence-electron chi connectivity index (χ1n) is 8.84. The standard InChI is InChI=1S/C21H25NO2/c23-21(22-15-17-7-3-1-4-8-17)16-24-20-13-11-19(12-14-20)18-9-5-2-6-10-18/h1,3-4,7-8,11-14,18H,2,5-6,9-10,15-16H2,(H,22,23). The van der Waals surface area contributed by atoms with Crippen LogP contribution >= 0.6 is 0 Å². The van der Waals surface area contributed by atoms with E-state index in [2.05, 4.69) is 17.4 Å². The Bertz CT molecular complexity index is 631. The van der Waals surface area contributed by atoms with Crippen LogP contribution in [-0.4, -0.2) is 12.5 Å². The lowest BCUT2D eigenvalue weighted by atomic mass is 9.84. The van der Waals surface area contributed by atoms with Crippen molar-refractivity contribution in [1.82, 2.24) is 5.32 Å². The Morgan fingerprint density at radius 3 is 2.38 bits per heavy atom. The van der Waals surface area contributed by atoms with Gasteiger partial charge in [-0.05, 0) is 42.0 Å². The Hall–Kier alpha value is -2.29. The minimum absolute atomic E-state index is 0.0512. The number of carbonyl (C=O) groups excluding carboxylic acids is 1. The van der Waals surface area contributed by atoms with Crippen LogP contribution in [0.2, 0.25) is 0 Å². The van der Waals surface area contributed by atoms with E-state index in [-0.39, 0.29) is 12.5 Å². The summed E-state index contributed by atoms with van der Waals surface area (Å²) in [4.78, 5) is 11.9. The van der Waals surface area contributed by atoms with Crippen LogP contribution < -0.4 is 10.1 Å². The Morgan fingerprint density at radius 2 is 1.67 bits per heavy atom. The van der Waals surface area contributed by atoms with Crippen LogP contribution in [0, 0.1) is 0 Å². The fraction of sp³-hybridized carbons (Fsp3) is 0.381. The molecule has 1 aliphatic rings. The summed E-state index contributed by atoms with van der Waals surface area (Å²) in [5.41, 5.74) is 2.48. The highest BCUT2D eigenvalue weighted by Crippen LogP contribution is 2.33. The van der Waals surface area contributed by atoms with Crippen LogP contribution in [0.5, 0.6) is 5.75 Å². The van der Waals surface area contributed by atoms with Crippen LogP contribution in [0.25, 0.3) is 0 Å². The number of amides is 1. The highest BCUT2D eigenvalue weighted by atomic mass is 16.5. The number of hydrogen-bond acceptors (Lipinski definition) is 2. The van der Waals surface area contributed by atoms with Gasteiger partial charge in [0.2, 0.25) is 0 Å². The van der Waals surface area contributed by atoms with E-state index in [9.17, 15) is 4.79 Å². The van der Waals surface area contributed by atoms with Crippen molar-refractivity contribution in [3.8, 4) is 5.75 Å². The van der Waals surface area contributed by atoms with E-state index in [1.54, 1.807) is 0 Å². The molecule has 2 aromatic rings. The molecule has 0 heterocycles. The summed E-state index contributed by atoms with van der Waals surface area (Å²) < 4.78 is 5.59. The highest BCUT2D eigenvalue weighted by Gasteiger charge is 2.15. The Labute approximate surface area is 144 Å². The molecule has 0 radical (unpaired) electrons. The SMILES string of the molecule is O=C(COc1ccc(C2CCCCC2)cc1)NCc1ccccc1. The van der Waals surface area contributed by atoms with E-state index in [4.69, 9.17) is 4.74 Å². The molecule has 1 fully saturated rings. The van der Waals surface area contributed by atoms with E-state index >= 15 is 0 Å². The maximum atomic E-state index is 11.9. The molecule has 24 heavy (non-hydrogen) atoms. The first-order valence-corrected chi connectivity index (χ1v) is 8.84. The van der Waals surface area contributed by atoms with Crippen molar-refractivity contribution in [3.05, 3.63) is 65.7 Å². The van der Waals surface area contributed by atoms with Gasteiger partial charge in [0.05, 0.1) is 0 Å². The Balaban J connectivity index is 1.43. The third-order valence-electron chi connectivity index (χ3n) is 4.66. The zero-order valence-corrected chi connectivity index (χ0v) is 14.0. The normalized spacial score (nSPS) is 15.0. The van der Waals surface area contributed by atoms with Crippen molar-refractivity contribution in [3.63, 3.8) is 0 Å². The van der Waals surface area contributed by atoms with Crippen LogP contribution in [0.3, 0.4) is 0 Å². The molecule has 3 nitrogen and oxygen atoms in total. The number of carbonyl (C=O) groups is 1. The highest BCUT2D eigenvalue weighted by molar-refractivity contribution is 5.77. The molecule has 0 bridgehead atoms. The lowest BCUT2D eigenvalue weighted by Gasteiger charge is -2.22. The zero-order valence-electron chi connectivity index (χ0n) is 14.0. The molecule has 1 aliphatic carbocycles. The second-order valence-electron chi connectivity index (χ2n) is 6.45. The van der Waals surface area contributed by atoms with Crippen molar-refractivity contribution < 1.29 is 9.53 Å². The molecule has 2 aromatic carbocycles. The minimum Gasteiger partial charge on any atom is -0.484 e. The largest absolute Gasteiger partial charge is 0.484 e. The van der Waals surface area contributed by atoms with Gasteiger partial charge in [0.25, 0.3) is 5.91 Å². The van der Waals surface area contributed by atoms with Gasteiger partial charge < -0.3 is 10.1 Å². The summed E-state index contributed by atoms with van der Waals surface area (Å²) >= 11 is 0. The van der Waals surface area contributed by atoms with Gasteiger partial charge >= 0.3 is 0 Å². The molecule has 0 aromatic heterocycles. The maximum absolute atomic E-state index is 11.9. The summed E-state index contributed by atoms with van der Waals surface area (Å²) in [7, 11) is 0.